The Bertz CT molecular complexity index is 500. The molecule has 1 aliphatic rings. The zero-order valence-corrected chi connectivity index (χ0v) is 9.31. The molecule has 2 aromatic rings. The molecule has 1 saturated heterocycles. The van der Waals surface area contributed by atoms with Gasteiger partial charge in [0.25, 0.3) is 0 Å². The number of nitrogens with zero attached hydrogens (tertiary/aromatic N) is 2. The maximum Gasteiger partial charge on any atom is 0.0955 e. The first-order chi connectivity index (χ1) is 7.84. The average Bonchev–Trinajstić information content (AvgIpc) is 2.72. The van der Waals surface area contributed by atoms with E-state index >= 15 is 0 Å². The molecule has 1 aromatic carbocycles. The van der Waals surface area contributed by atoms with E-state index in [0.717, 1.165) is 30.7 Å². The van der Waals surface area contributed by atoms with Crippen molar-refractivity contribution >= 4 is 11.0 Å². The largest absolute Gasteiger partial charge is 0.371 e. The average molecular weight is 217 g/mol. The molecule has 0 amide bonds. The molecule has 0 bridgehead atoms. The predicted molar refractivity (Wildman–Crippen MR) is 62.3 cm³/mol. The number of benzene rings is 1. The molecule has 0 spiro atoms. The monoisotopic (exact) mass is 217 g/mol. The molecule has 1 N–H and O–H groups in total. The summed E-state index contributed by atoms with van der Waals surface area (Å²) in [7, 11) is 2.01. The number of aromatic nitrogens is 2. The first kappa shape index (κ1) is 9.81. The third-order valence-corrected chi connectivity index (χ3v) is 3.05. The van der Waals surface area contributed by atoms with E-state index < -0.39 is 0 Å². The van der Waals surface area contributed by atoms with E-state index in [9.17, 15) is 0 Å². The zero-order chi connectivity index (χ0) is 11.0. The molecule has 0 saturated carbocycles. The van der Waals surface area contributed by atoms with Crippen molar-refractivity contribution in [3.63, 3.8) is 0 Å². The van der Waals surface area contributed by atoms with Crippen molar-refractivity contribution < 1.29 is 4.74 Å². The summed E-state index contributed by atoms with van der Waals surface area (Å²) >= 11 is 0. The lowest BCUT2D eigenvalue weighted by Crippen LogP contribution is -2.33. The molecule has 0 unspecified atom stereocenters. The van der Waals surface area contributed by atoms with E-state index in [-0.39, 0.29) is 6.10 Å². The molecule has 1 aliphatic heterocycles. The van der Waals surface area contributed by atoms with Crippen LogP contribution in [0.1, 0.15) is 11.7 Å². The number of imidazole rings is 1. The Morgan fingerprint density at radius 3 is 3.25 bits per heavy atom. The molecule has 1 atom stereocenters. The van der Waals surface area contributed by atoms with Gasteiger partial charge in [-0.05, 0) is 17.7 Å². The molecule has 3 rings (SSSR count). The Kier molecular flexibility index (Phi) is 2.38. The van der Waals surface area contributed by atoms with Crippen molar-refractivity contribution in [1.82, 2.24) is 14.9 Å². The fourth-order valence-electron chi connectivity index (χ4n) is 2.12. The van der Waals surface area contributed by atoms with E-state index in [1.165, 1.54) is 5.56 Å². The normalized spacial score (nSPS) is 21.4. The number of ether oxygens (including phenoxy) is 1. The van der Waals surface area contributed by atoms with Crippen LogP contribution in [0.3, 0.4) is 0 Å². The Hall–Kier alpha value is -1.39. The Morgan fingerprint density at radius 1 is 1.50 bits per heavy atom. The van der Waals surface area contributed by atoms with Crippen molar-refractivity contribution in [2.45, 2.75) is 6.10 Å². The van der Waals surface area contributed by atoms with Crippen LogP contribution < -0.4 is 5.32 Å². The molecule has 84 valence electrons. The van der Waals surface area contributed by atoms with E-state index in [0.29, 0.717) is 0 Å². The molecule has 4 heteroatoms. The minimum Gasteiger partial charge on any atom is -0.371 e. The minimum atomic E-state index is 0.174. The molecule has 1 fully saturated rings. The van der Waals surface area contributed by atoms with Gasteiger partial charge < -0.3 is 14.6 Å². The van der Waals surface area contributed by atoms with Crippen LogP contribution >= 0.6 is 0 Å². The second-order valence-electron chi connectivity index (χ2n) is 4.17. The lowest BCUT2D eigenvalue weighted by molar-refractivity contribution is 0.0278. The van der Waals surface area contributed by atoms with E-state index in [2.05, 4.69) is 28.5 Å². The number of fused-ring (bicyclic) bond motifs is 1. The molecule has 2 heterocycles. The van der Waals surface area contributed by atoms with E-state index in [1.54, 1.807) is 0 Å². The van der Waals surface area contributed by atoms with Crippen LogP contribution in [0, 0.1) is 0 Å². The molecule has 1 aromatic heterocycles. The highest BCUT2D eigenvalue weighted by Gasteiger charge is 2.16. The molecular weight excluding hydrogens is 202 g/mol. The van der Waals surface area contributed by atoms with Gasteiger partial charge in [-0.2, -0.15) is 0 Å². The summed E-state index contributed by atoms with van der Waals surface area (Å²) in [5, 5.41) is 3.34. The van der Waals surface area contributed by atoms with E-state index in [4.69, 9.17) is 4.74 Å². The van der Waals surface area contributed by atoms with Crippen LogP contribution in [-0.4, -0.2) is 29.2 Å². The smallest absolute Gasteiger partial charge is 0.0955 e. The summed E-state index contributed by atoms with van der Waals surface area (Å²) in [5.41, 5.74) is 3.42. The predicted octanol–water partition coefficient (Wildman–Crippen LogP) is 1.23. The summed E-state index contributed by atoms with van der Waals surface area (Å²) in [5.74, 6) is 0. The highest BCUT2D eigenvalue weighted by molar-refractivity contribution is 5.76. The van der Waals surface area contributed by atoms with Gasteiger partial charge in [0, 0.05) is 20.1 Å². The summed E-state index contributed by atoms with van der Waals surface area (Å²) in [6, 6.07) is 6.33. The van der Waals surface area contributed by atoms with Gasteiger partial charge in [0.05, 0.1) is 30.1 Å². The highest BCUT2D eigenvalue weighted by atomic mass is 16.5. The fourth-order valence-corrected chi connectivity index (χ4v) is 2.12. The van der Waals surface area contributed by atoms with Crippen molar-refractivity contribution in [1.29, 1.82) is 0 Å². The van der Waals surface area contributed by atoms with Crippen LogP contribution in [0.2, 0.25) is 0 Å². The Morgan fingerprint density at radius 2 is 2.44 bits per heavy atom. The van der Waals surface area contributed by atoms with Gasteiger partial charge in [0.2, 0.25) is 0 Å². The Balaban J connectivity index is 1.99. The van der Waals surface area contributed by atoms with Crippen molar-refractivity contribution in [3.8, 4) is 0 Å². The second-order valence-corrected chi connectivity index (χ2v) is 4.17. The molecule has 0 aliphatic carbocycles. The van der Waals surface area contributed by atoms with E-state index in [1.807, 2.05) is 17.9 Å². The standard InChI is InChI=1S/C12H15N3O/c1-15-8-14-10-3-2-9(6-11(10)15)12-7-13-4-5-16-12/h2-3,6,8,12-13H,4-5,7H2,1H3/t12-/m1/s1. The lowest BCUT2D eigenvalue weighted by atomic mass is 10.1. The molecule has 0 radical (unpaired) electrons. The van der Waals surface area contributed by atoms with Crippen LogP contribution in [0.25, 0.3) is 11.0 Å². The summed E-state index contributed by atoms with van der Waals surface area (Å²) in [6.45, 7) is 2.63. The minimum absolute atomic E-state index is 0.174. The van der Waals surface area contributed by atoms with Crippen LogP contribution in [-0.2, 0) is 11.8 Å². The molecular formula is C12H15N3O. The quantitative estimate of drug-likeness (QED) is 0.781. The molecule has 16 heavy (non-hydrogen) atoms. The fraction of sp³-hybridized carbons (Fsp3) is 0.417. The van der Waals surface area contributed by atoms with Crippen molar-refractivity contribution in [3.05, 3.63) is 30.1 Å². The van der Waals surface area contributed by atoms with Gasteiger partial charge in [-0.25, -0.2) is 4.98 Å². The summed E-state index contributed by atoms with van der Waals surface area (Å²) < 4.78 is 7.77. The maximum absolute atomic E-state index is 5.74. The van der Waals surface area contributed by atoms with Gasteiger partial charge in [-0.1, -0.05) is 6.07 Å². The van der Waals surface area contributed by atoms with Gasteiger partial charge >= 0.3 is 0 Å². The number of nitrogens with one attached hydrogen (secondary N) is 1. The first-order valence-corrected chi connectivity index (χ1v) is 5.58. The number of hydrogen-bond acceptors (Lipinski definition) is 3. The van der Waals surface area contributed by atoms with Crippen LogP contribution in [0.15, 0.2) is 24.5 Å². The lowest BCUT2D eigenvalue weighted by Gasteiger charge is -2.23. The zero-order valence-electron chi connectivity index (χ0n) is 9.31. The highest BCUT2D eigenvalue weighted by Crippen LogP contribution is 2.22. The van der Waals surface area contributed by atoms with Gasteiger partial charge in [-0.15, -0.1) is 0 Å². The van der Waals surface area contributed by atoms with Gasteiger partial charge in [-0.3, -0.25) is 0 Å². The van der Waals surface area contributed by atoms with Crippen molar-refractivity contribution in [2.75, 3.05) is 19.7 Å². The number of hydrogen-bond donors (Lipinski definition) is 1. The summed E-state index contributed by atoms with van der Waals surface area (Å²) in [6.07, 6.45) is 2.02. The summed E-state index contributed by atoms with van der Waals surface area (Å²) in [4.78, 5) is 4.31. The van der Waals surface area contributed by atoms with Gasteiger partial charge in [0.1, 0.15) is 0 Å². The van der Waals surface area contributed by atoms with Crippen LogP contribution in [0.4, 0.5) is 0 Å². The molecule has 4 nitrogen and oxygen atoms in total. The Labute approximate surface area is 94.2 Å². The maximum atomic E-state index is 5.74. The third-order valence-electron chi connectivity index (χ3n) is 3.05. The number of morpholine rings is 1. The van der Waals surface area contributed by atoms with Crippen LogP contribution in [0.5, 0.6) is 0 Å². The second kappa shape index (κ2) is 3.88. The third kappa shape index (κ3) is 1.60. The SMILES string of the molecule is Cn1cnc2ccc([C@H]3CNCCO3)cc21. The number of aryl methyl sites for hydroxylation is 1. The topological polar surface area (TPSA) is 39.1 Å². The first-order valence-electron chi connectivity index (χ1n) is 5.58. The van der Waals surface area contributed by atoms with Gasteiger partial charge in [0.15, 0.2) is 0 Å². The van der Waals surface area contributed by atoms with Crippen molar-refractivity contribution in [2.24, 2.45) is 7.05 Å². The number of rotatable bonds is 1.